The lowest BCUT2D eigenvalue weighted by Gasteiger charge is -2.11. The van der Waals surface area contributed by atoms with Gasteiger partial charge in [0, 0.05) is 11.5 Å². The zero-order chi connectivity index (χ0) is 12.8. The van der Waals surface area contributed by atoms with E-state index >= 15 is 0 Å². The maximum absolute atomic E-state index is 10.8. The van der Waals surface area contributed by atoms with Gasteiger partial charge in [0.15, 0.2) is 10.8 Å². The number of nitrogens with zero attached hydrogens (tertiary/aromatic N) is 3. The van der Waals surface area contributed by atoms with Crippen LogP contribution in [0.2, 0.25) is 0 Å². The minimum absolute atomic E-state index is 0.0211. The summed E-state index contributed by atoms with van der Waals surface area (Å²) >= 11 is 1.01. The van der Waals surface area contributed by atoms with Gasteiger partial charge in [-0.15, -0.1) is 0 Å². The Balaban J connectivity index is 1.99. The molecule has 1 fully saturated rings. The molecule has 1 heterocycles. The van der Waals surface area contributed by atoms with Crippen molar-refractivity contribution in [2.45, 2.75) is 44.6 Å². The van der Waals surface area contributed by atoms with Crippen molar-refractivity contribution in [1.82, 2.24) is 9.36 Å². The lowest BCUT2D eigenvalue weighted by Crippen LogP contribution is -2.12. The molecule has 0 aliphatic heterocycles. The molecule has 1 radical (unpaired) electrons. The third-order valence-corrected chi connectivity index (χ3v) is 3.39. The van der Waals surface area contributed by atoms with E-state index in [1.54, 1.807) is 6.29 Å². The first-order valence-corrected chi connectivity index (χ1v) is 6.78. The van der Waals surface area contributed by atoms with Gasteiger partial charge in [0.05, 0.1) is 0 Å². The largest absolute Gasteiger partial charge is 0.392 e. The van der Waals surface area contributed by atoms with Crippen LogP contribution in [0.25, 0.3) is 0 Å². The van der Waals surface area contributed by atoms with Crippen LogP contribution in [0.15, 0.2) is 5.16 Å². The second-order valence-electron chi connectivity index (χ2n) is 4.22. The van der Waals surface area contributed by atoms with Crippen molar-refractivity contribution < 1.29 is 9.63 Å². The average Bonchev–Trinajstić information content (AvgIpc) is 2.65. The van der Waals surface area contributed by atoms with Gasteiger partial charge in [-0.25, -0.2) is 0 Å². The van der Waals surface area contributed by atoms with E-state index < -0.39 is 0 Å². The number of nitrogens with two attached hydrogens (primary N) is 1. The summed E-state index contributed by atoms with van der Waals surface area (Å²) in [5.74, 6) is 0.182. The number of nitrogen functional groups attached to an aromatic ring is 1. The molecule has 2 N–H and O–H groups in total. The van der Waals surface area contributed by atoms with Gasteiger partial charge in [-0.2, -0.15) is 9.36 Å². The second kappa shape index (κ2) is 6.44. The van der Waals surface area contributed by atoms with Crippen LogP contribution >= 0.6 is 11.5 Å². The average molecular weight is 267 g/mol. The van der Waals surface area contributed by atoms with E-state index in [0.717, 1.165) is 37.2 Å². The Kier molecular flexibility index (Phi) is 4.63. The Hall–Kier alpha value is -1.50. The van der Waals surface area contributed by atoms with E-state index in [0.29, 0.717) is 5.13 Å². The van der Waals surface area contributed by atoms with E-state index in [4.69, 9.17) is 10.6 Å². The van der Waals surface area contributed by atoms with Crippen molar-refractivity contribution >= 4 is 28.7 Å². The lowest BCUT2D eigenvalue weighted by atomic mass is 10.2. The summed E-state index contributed by atoms with van der Waals surface area (Å²) in [5.41, 5.74) is 5.43. The third kappa shape index (κ3) is 3.49. The number of hydrogen-bond acceptors (Lipinski definition) is 7. The summed E-state index contributed by atoms with van der Waals surface area (Å²) in [7, 11) is 0. The molecule has 0 atom stereocenters. The topological polar surface area (TPSA) is 90.5 Å². The zero-order valence-corrected chi connectivity index (χ0v) is 10.8. The van der Waals surface area contributed by atoms with Gasteiger partial charge in [-0.3, -0.25) is 4.79 Å². The summed E-state index contributed by atoms with van der Waals surface area (Å²) in [6.07, 6.45) is 8.47. The van der Waals surface area contributed by atoms with Crippen molar-refractivity contribution in [1.29, 1.82) is 0 Å². The molecule has 0 amide bonds. The predicted molar refractivity (Wildman–Crippen MR) is 69.1 cm³/mol. The van der Waals surface area contributed by atoms with Gasteiger partial charge in [0.25, 0.3) is 6.29 Å². The van der Waals surface area contributed by atoms with Crippen LogP contribution in [-0.4, -0.2) is 27.5 Å². The monoisotopic (exact) mass is 267 g/mol. The number of anilines is 1. The molecule has 7 heteroatoms. The molecule has 1 aliphatic carbocycles. The van der Waals surface area contributed by atoms with Crippen molar-refractivity contribution in [2.75, 3.05) is 5.73 Å². The lowest BCUT2D eigenvalue weighted by molar-refractivity contribution is 0.0489. The van der Waals surface area contributed by atoms with E-state index in [2.05, 4.69) is 14.5 Å². The fourth-order valence-electron chi connectivity index (χ4n) is 1.91. The Morgan fingerprint density at radius 1 is 1.39 bits per heavy atom. The molecule has 0 aromatic carbocycles. The molecule has 97 valence electrons. The minimum atomic E-state index is -0.0211. The fraction of sp³-hybridized carbons (Fsp3) is 0.636. The first-order valence-electron chi connectivity index (χ1n) is 6.01. The van der Waals surface area contributed by atoms with Gasteiger partial charge >= 0.3 is 0 Å². The molecule has 2 rings (SSSR count). The molecule has 1 aromatic rings. The molecule has 0 saturated heterocycles. The van der Waals surface area contributed by atoms with E-state index in [9.17, 15) is 4.79 Å². The molecular formula is C11H15N4O2S. The van der Waals surface area contributed by atoms with Crippen molar-refractivity contribution in [3.8, 4) is 0 Å². The minimum Gasteiger partial charge on any atom is -0.392 e. The first kappa shape index (κ1) is 12.9. The molecule has 0 spiro atoms. The predicted octanol–water partition coefficient (Wildman–Crippen LogP) is 1.67. The molecular weight excluding hydrogens is 252 g/mol. The van der Waals surface area contributed by atoms with Gasteiger partial charge in [0.2, 0.25) is 5.82 Å². The zero-order valence-electron chi connectivity index (χ0n) is 9.96. The molecule has 1 aromatic heterocycles. The summed E-state index contributed by atoms with van der Waals surface area (Å²) in [4.78, 5) is 20.1. The number of hydrogen-bond donors (Lipinski definition) is 1. The van der Waals surface area contributed by atoms with Crippen LogP contribution < -0.4 is 5.73 Å². The molecule has 6 nitrogen and oxygen atoms in total. The van der Waals surface area contributed by atoms with Crippen molar-refractivity contribution in [3.63, 3.8) is 0 Å². The standard InChI is InChI=1S/C11H15N4O2S/c12-11-13-10(15-18-11)9(7-16)14-17-8-5-3-1-2-4-6-8/h8H,1-6H2,(H2,12,13,15)/b14-9+. The number of aromatic nitrogens is 2. The van der Waals surface area contributed by atoms with Crippen LogP contribution in [0.3, 0.4) is 0 Å². The Morgan fingerprint density at radius 2 is 2.11 bits per heavy atom. The van der Waals surface area contributed by atoms with Gasteiger partial charge in [0.1, 0.15) is 6.10 Å². The summed E-state index contributed by atoms with van der Waals surface area (Å²) in [5, 5.41) is 4.10. The van der Waals surface area contributed by atoms with E-state index in [1.807, 2.05) is 0 Å². The number of rotatable bonds is 4. The SMILES string of the molecule is Nc1nc(/C([C]=O)=N/OC2CCCCCC2)ns1. The molecule has 1 aliphatic rings. The van der Waals surface area contributed by atoms with Crippen LogP contribution in [-0.2, 0) is 9.63 Å². The maximum Gasteiger partial charge on any atom is 0.261 e. The molecule has 0 unspecified atom stereocenters. The first-order chi connectivity index (χ1) is 8.79. The van der Waals surface area contributed by atoms with Crippen LogP contribution in [0, 0.1) is 0 Å². The van der Waals surface area contributed by atoms with E-state index in [-0.39, 0.29) is 17.6 Å². The van der Waals surface area contributed by atoms with E-state index in [1.165, 1.54) is 12.8 Å². The number of oxime groups is 1. The van der Waals surface area contributed by atoms with Crippen molar-refractivity contribution in [3.05, 3.63) is 5.82 Å². The fourth-order valence-corrected chi connectivity index (χ4v) is 2.35. The Bertz CT molecular complexity index is 424. The maximum atomic E-state index is 10.8. The Labute approximate surface area is 109 Å². The molecule has 18 heavy (non-hydrogen) atoms. The van der Waals surface area contributed by atoms with Gasteiger partial charge in [-0.1, -0.05) is 18.0 Å². The quantitative estimate of drug-likeness (QED) is 0.509. The second-order valence-corrected chi connectivity index (χ2v) is 5.00. The summed E-state index contributed by atoms with van der Waals surface area (Å²) in [6, 6.07) is 0. The van der Waals surface area contributed by atoms with Crippen LogP contribution in [0.4, 0.5) is 5.13 Å². The smallest absolute Gasteiger partial charge is 0.261 e. The highest BCUT2D eigenvalue weighted by Gasteiger charge is 2.15. The van der Waals surface area contributed by atoms with Crippen molar-refractivity contribution in [2.24, 2.45) is 5.16 Å². The molecule has 1 saturated carbocycles. The Morgan fingerprint density at radius 3 is 2.67 bits per heavy atom. The highest BCUT2D eigenvalue weighted by atomic mass is 32.1. The number of carbonyl (C=O) groups excluding carboxylic acids is 1. The highest BCUT2D eigenvalue weighted by Crippen LogP contribution is 2.20. The molecule has 0 bridgehead atoms. The summed E-state index contributed by atoms with van der Waals surface area (Å²) < 4.78 is 3.90. The third-order valence-electron chi connectivity index (χ3n) is 2.85. The highest BCUT2D eigenvalue weighted by molar-refractivity contribution is 7.09. The normalized spacial score (nSPS) is 18.3. The van der Waals surface area contributed by atoms with Crippen LogP contribution in [0.1, 0.15) is 44.3 Å². The summed E-state index contributed by atoms with van der Waals surface area (Å²) in [6.45, 7) is 0. The van der Waals surface area contributed by atoms with Gasteiger partial charge < -0.3 is 10.6 Å². The van der Waals surface area contributed by atoms with Gasteiger partial charge in [-0.05, 0) is 25.7 Å². The van der Waals surface area contributed by atoms with Crippen LogP contribution in [0.5, 0.6) is 0 Å².